The Kier molecular flexibility index (Phi) is 9.37. The van der Waals surface area contributed by atoms with Gasteiger partial charge < -0.3 is 15.7 Å². The second-order valence-electron chi connectivity index (χ2n) is 5.67. The average molecular weight is 288 g/mol. The molecule has 0 saturated heterocycles. The standard InChI is InChI=1S/C15H29FN2O2/c16-10-5-6-11-17-15(20)18-14(9-12-19)13-7-3-1-2-4-8-13/h13-14,19H,1-12H2,(H2,17,18,20). The lowest BCUT2D eigenvalue weighted by molar-refractivity contribution is 0.207. The van der Waals surface area contributed by atoms with Crippen molar-refractivity contribution < 1.29 is 14.3 Å². The van der Waals surface area contributed by atoms with Gasteiger partial charge in [0.1, 0.15) is 0 Å². The number of aliphatic hydroxyl groups excluding tert-OH is 1. The molecule has 0 radical (unpaired) electrons. The predicted molar refractivity (Wildman–Crippen MR) is 78.4 cm³/mol. The quantitative estimate of drug-likeness (QED) is 0.475. The van der Waals surface area contributed by atoms with Gasteiger partial charge in [0.2, 0.25) is 0 Å². The van der Waals surface area contributed by atoms with E-state index in [1.165, 1.54) is 25.7 Å². The van der Waals surface area contributed by atoms with Crippen molar-refractivity contribution >= 4 is 6.03 Å². The number of alkyl halides is 1. The second-order valence-corrected chi connectivity index (χ2v) is 5.67. The van der Waals surface area contributed by atoms with Crippen molar-refractivity contribution in [2.75, 3.05) is 19.8 Å². The van der Waals surface area contributed by atoms with Crippen LogP contribution in [0.1, 0.15) is 57.8 Å². The van der Waals surface area contributed by atoms with E-state index in [0.717, 1.165) is 12.8 Å². The molecular weight excluding hydrogens is 259 g/mol. The minimum atomic E-state index is -0.335. The third-order valence-corrected chi connectivity index (χ3v) is 4.07. The van der Waals surface area contributed by atoms with E-state index in [4.69, 9.17) is 0 Å². The number of amides is 2. The first-order valence-corrected chi connectivity index (χ1v) is 7.99. The Bertz CT molecular complexity index is 256. The fourth-order valence-electron chi connectivity index (χ4n) is 2.92. The number of carbonyl (C=O) groups is 1. The molecule has 118 valence electrons. The molecule has 1 atom stereocenters. The summed E-state index contributed by atoms with van der Waals surface area (Å²) in [5.41, 5.74) is 0. The molecule has 0 heterocycles. The lowest BCUT2D eigenvalue weighted by Crippen LogP contribution is -2.46. The third kappa shape index (κ3) is 7.08. The first-order valence-electron chi connectivity index (χ1n) is 7.99. The zero-order valence-electron chi connectivity index (χ0n) is 12.4. The van der Waals surface area contributed by atoms with Crippen LogP contribution < -0.4 is 10.6 Å². The fourth-order valence-corrected chi connectivity index (χ4v) is 2.92. The maximum Gasteiger partial charge on any atom is 0.315 e. The number of urea groups is 1. The summed E-state index contributed by atoms with van der Waals surface area (Å²) in [5, 5.41) is 14.9. The maximum atomic E-state index is 12.0. The van der Waals surface area contributed by atoms with Crippen LogP contribution in [-0.2, 0) is 0 Å². The highest BCUT2D eigenvalue weighted by molar-refractivity contribution is 5.74. The fraction of sp³-hybridized carbons (Fsp3) is 0.933. The third-order valence-electron chi connectivity index (χ3n) is 4.07. The topological polar surface area (TPSA) is 61.4 Å². The smallest absolute Gasteiger partial charge is 0.315 e. The van der Waals surface area contributed by atoms with Crippen molar-refractivity contribution in [3.63, 3.8) is 0 Å². The monoisotopic (exact) mass is 288 g/mol. The average Bonchev–Trinajstić information content (AvgIpc) is 2.72. The summed E-state index contributed by atoms with van der Waals surface area (Å²) in [6.07, 6.45) is 9.01. The van der Waals surface area contributed by atoms with Crippen molar-refractivity contribution in [3.8, 4) is 0 Å². The van der Waals surface area contributed by atoms with E-state index in [-0.39, 0.29) is 25.4 Å². The van der Waals surface area contributed by atoms with E-state index in [2.05, 4.69) is 10.6 Å². The predicted octanol–water partition coefficient (Wildman–Crippen LogP) is 2.76. The van der Waals surface area contributed by atoms with Gasteiger partial charge in [-0.25, -0.2) is 4.79 Å². The SMILES string of the molecule is O=C(NCCCCF)NC(CCO)C1CCCCCC1. The summed E-state index contributed by atoms with van der Waals surface area (Å²) >= 11 is 0. The first-order chi connectivity index (χ1) is 9.77. The Morgan fingerprint density at radius 2 is 1.90 bits per heavy atom. The molecule has 1 rings (SSSR count). The van der Waals surface area contributed by atoms with Gasteiger partial charge in [-0.2, -0.15) is 0 Å². The summed E-state index contributed by atoms with van der Waals surface area (Å²) in [5.74, 6) is 0.473. The molecule has 0 aromatic rings. The Morgan fingerprint density at radius 1 is 1.20 bits per heavy atom. The van der Waals surface area contributed by atoms with Gasteiger partial charge in [0.05, 0.1) is 6.67 Å². The van der Waals surface area contributed by atoms with Crippen LogP contribution in [0.5, 0.6) is 0 Å². The van der Waals surface area contributed by atoms with Gasteiger partial charge in [0.25, 0.3) is 0 Å². The molecule has 1 aliphatic rings. The molecule has 0 bridgehead atoms. The highest BCUT2D eigenvalue weighted by Crippen LogP contribution is 2.26. The zero-order chi connectivity index (χ0) is 14.6. The molecule has 0 aliphatic heterocycles. The van der Waals surface area contributed by atoms with Crippen LogP contribution in [0.4, 0.5) is 9.18 Å². The van der Waals surface area contributed by atoms with Crippen molar-refractivity contribution in [1.82, 2.24) is 10.6 Å². The molecule has 3 N–H and O–H groups in total. The number of carbonyl (C=O) groups excluding carboxylic acids is 1. The molecule has 0 aromatic heterocycles. The van der Waals surface area contributed by atoms with Gasteiger partial charge in [-0.3, -0.25) is 4.39 Å². The van der Waals surface area contributed by atoms with Gasteiger partial charge >= 0.3 is 6.03 Å². The van der Waals surface area contributed by atoms with Crippen LogP contribution in [0.25, 0.3) is 0 Å². The number of rotatable bonds is 8. The van der Waals surface area contributed by atoms with E-state index in [0.29, 0.717) is 31.7 Å². The molecule has 1 fully saturated rings. The Hall–Kier alpha value is -0.840. The molecular formula is C15H29FN2O2. The Morgan fingerprint density at radius 3 is 2.50 bits per heavy atom. The van der Waals surface area contributed by atoms with Gasteiger partial charge in [-0.1, -0.05) is 25.7 Å². The highest BCUT2D eigenvalue weighted by Gasteiger charge is 2.23. The summed E-state index contributed by atoms with van der Waals surface area (Å²) in [6.45, 7) is 0.272. The molecule has 1 unspecified atom stereocenters. The summed E-state index contributed by atoms with van der Waals surface area (Å²) in [6, 6.07) is -0.133. The van der Waals surface area contributed by atoms with E-state index in [1.54, 1.807) is 0 Å². The summed E-state index contributed by atoms with van der Waals surface area (Å²) in [7, 11) is 0. The largest absolute Gasteiger partial charge is 0.396 e. The van der Waals surface area contributed by atoms with Crippen LogP contribution >= 0.6 is 0 Å². The van der Waals surface area contributed by atoms with Crippen molar-refractivity contribution in [3.05, 3.63) is 0 Å². The molecule has 1 aliphatic carbocycles. The molecule has 1 saturated carbocycles. The van der Waals surface area contributed by atoms with Gasteiger partial charge in [0.15, 0.2) is 0 Å². The van der Waals surface area contributed by atoms with Crippen LogP contribution in [-0.4, -0.2) is 37.0 Å². The van der Waals surface area contributed by atoms with Crippen molar-refractivity contribution in [2.45, 2.75) is 63.8 Å². The molecule has 4 nitrogen and oxygen atoms in total. The highest BCUT2D eigenvalue weighted by atomic mass is 19.1. The molecule has 0 spiro atoms. The normalized spacial score (nSPS) is 18.3. The van der Waals surface area contributed by atoms with Crippen molar-refractivity contribution in [2.24, 2.45) is 5.92 Å². The number of nitrogens with one attached hydrogen (secondary N) is 2. The molecule has 5 heteroatoms. The maximum absolute atomic E-state index is 12.0. The summed E-state index contributed by atoms with van der Waals surface area (Å²) < 4.78 is 12.0. The van der Waals surface area contributed by atoms with Crippen LogP contribution in [0.3, 0.4) is 0 Å². The Balaban J connectivity index is 2.34. The lowest BCUT2D eigenvalue weighted by Gasteiger charge is -2.26. The minimum absolute atomic E-state index is 0.0549. The van der Waals surface area contributed by atoms with Gasteiger partial charge in [-0.05, 0) is 38.0 Å². The number of hydrogen-bond donors (Lipinski definition) is 3. The molecule has 20 heavy (non-hydrogen) atoms. The van der Waals surface area contributed by atoms with E-state index >= 15 is 0 Å². The van der Waals surface area contributed by atoms with Crippen LogP contribution in [0.15, 0.2) is 0 Å². The number of unbranched alkanes of at least 4 members (excludes halogenated alkanes) is 1. The summed E-state index contributed by atoms with van der Waals surface area (Å²) in [4.78, 5) is 11.8. The first kappa shape index (κ1) is 17.2. The van der Waals surface area contributed by atoms with Crippen LogP contribution in [0, 0.1) is 5.92 Å². The lowest BCUT2D eigenvalue weighted by atomic mass is 9.90. The molecule has 2 amide bonds. The van der Waals surface area contributed by atoms with E-state index < -0.39 is 0 Å². The second kappa shape index (κ2) is 10.9. The number of halogens is 1. The van der Waals surface area contributed by atoms with Gasteiger partial charge in [-0.15, -0.1) is 0 Å². The number of hydrogen-bond acceptors (Lipinski definition) is 2. The van der Waals surface area contributed by atoms with E-state index in [1.807, 2.05) is 0 Å². The van der Waals surface area contributed by atoms with Gasteiger partial charge in [0, 0.05) is 19.2 Å². The van der Waals surface area contributed by atoms with Crippen molar-refractivity contribution in [1.29, 1.82) is 0 Å². The Labute approximate surface area is 121 Å². The zero-order valence-corrected chi connectivity index (χ0v) is 12.4. The van der Waals surface area contributed by atoms with Crippen LogP contribution in [0.2, 0.25) is 0 Å². The molecule has 0 aromatic carbocycles. The van der Waals surface area contributed by atoms with E-state index in [9.17, 15) is 14.3 Å². The minimum Gasteiger partial charge on any atom is -0.396 e. The number of aliphatic hydroxyl groups is 1.